The van der Waals surface area contributed by atoms with Crippen LogP contribution in [0.1, 0.15) is 31.2 Å². The van der Waals surface area contributed by atoms with E-state index < -0.39 is 0 Å². The maximum atomic E-state index is 4.53. The van der Waals surface area contributed by atoms with Crippen LogP contribution in [0.4, 0.5) is 5.13 Å². The highest BCUT2D eigenvalue weighted by Gasteiger charge is 2.11. The highest BCUT2D eigenvalue weighted by molar-refractivity contribution is 9.10. The van der Waals surface area contributed by atoms with Gasteiger partial charge in [0, 0.05) is 41.2 Å². The second-order valence-corrected chi connectivity index (χ2v) is 8.20. The molecule has 0 saturated heterocycles. The first-order valence-corrected chi connectivity index (χ1v) is 8.60. The lowest BCUT2D eigenvalue weighted by Crippen LogP contribution is -2.34. The maximum absolute atomic E-state index is 4.53. The molecule has 0 bridgehead atoms. The van der Waals surface area contributed by atoms with Crippen LogP contribution in [-0.2, 0) is 13.1 Å². The Balaban J connectivity index is 1.95. The Hall–Kier alpha value is -0.910. The molecule has 2 rings (SSSR count). The van der Waals surface area contributed by atoms with Crippen molar-refractivity contribution in [3.63, 3.8) is 0 Å². The summed E-state index contributed by atoms with van der Waals surface area (Å²) in [6.45, 7) is 8.26. The first-order valence-electron chi connectivity index (χ1n) is 6.99. The van der Waals surface area contributed by atoms with Crippen molar-refractivity contribution in [3.05, 3.63) is 45.4 Å². The van der Waals surface area contributed by atoms with E-state index >= 15 is 0 Å². The van der Waals surface area contributed by atoms with Crippen molar-refractivity contribution in [2.24, 2.45) is 0 Å². The number of hydrogen-bond donors (Lipinski definition) is 1. The fourth-order valence-corrected chi connectivity index (χ4v) is 2.91. The number of nitrogens with zero attached hydrogens (tertiary/aromatic N) is 2. The zero-order chi connectivity index (χ0) is 15.5. The van der Waals surface area contributed by atoms with Crippen molar-refractivity contribution in [1.29, 1.82) is 0 Å². The quantitative estimate of drug-likeness (QED) is 0.846. The Morgan fingerprint density at radius 1 is 1.24 bits per heavy atom. The molecule has 0 amide bonds. The molecule has 3 nitrogen and oxygen atoms in total. The van der Waals surface area contributed by atoms with E-state index in [0.29, 0.717) is 0 Å². The lowest BCUT2D eigenvalue weighted by atomic mass is 10.1. The summed E-state index contributed by atoms with van der Waals surface area (Å²) in [7, 11) is 2.09. The predicted octanol–water partition coefficient (Wildman–Crippen LogP) is 4.43. The van der Waals surface area contributed by atoms with Gasteiger partial charge in [0.05, 0.1) is 0 Å². The molecule has 0 aliphatic rings. The van der Waals surface area contributed by atoms with E-state index in [4.69, 9.17) is 0 Å². The van der Waals surface area contributed by atoms with Gasteiger partial charge < -0.3 is 10.2 Å². The molecule has 0 spiro atoms. The molecule has 0 atom stereocenters. The first-order chi connectivity index (χ1) is 9.83. The van der Waals surface area contributed by atoms with Crippen LogP contribution in [-0.4, -0.2) is 17.6 Å². The van der Waals surface area contributed by atoms with Gasteiger partial charge in [0.1, 0.15) is 0 Å². The molecule has 21 heavy (non-hydrogen) atoms. The monoisotopic (exact) mass is 367 g/mol. The topological polar surface area (TPSA) is 28.2 Å². The summed E-state index contributed by atoms with van der Waals surface area (Å²) in [5.41, 5.74) is 1.42. The Morgan fingerprint density at radius 3 is 2.52 bits per heavy atom. The van der Waals surface area contributed by atoms with Crippen molar-refractivity contribution < 1.29 is 0 Å². The van der Waals surface area contributed by atoms with Crippen molar-refractivity contribution in [2.75, 3.05) is 11.9 Å². The van der Waals surface area contributed by atoms with Gasteiger partial charge in [0.2, 0.25) is 0 Å². The normalized spacial score (nSPS) is 11.7. The van der Waals surface area contributed by atoms with Crippen molar-refractivity contribution in [2.45, 2.75) is 39.4 Å². The molecule has 0 aliphatic heterocycles. The highest BCUT2D eigenvalue weighted by atomic mass is 79.9. The van der Waals surface area contributed by atoms with E-state index in [2.05, 4.69) is 83.2 Å². The molecule has 1 heterocycles. The van der Waals surface area contributed by atoms with Crippen molar-refractivity contribution in [1.82, 2.24) is 10.3 Å². The number of rotatable bonds is 5. The number of thiazole rings is 1. The third-order valence-corrected chi connectivity index (χ3v) is 4.63. The summed E-state index contributed by atoms with van der Waals surface area (Å²) >= 11 is 5.21. The van der Waals surface area contributed by atoms with Gasteiger partial charge in [-0.1, -0.05) is 28.1 Å². The van der Waals surface area contributed by atoms with Crippen molar-refractivity contribution in [3.8, 4) is 0 Å². The number of halogens is 1. The second-order valence-electron chi connectivity index (χ2n) is 6.20. The first kappa shape index (κ1) is 16.5. The second kappa shape index (κ2) is 6.90. The van der Waals surface area contributed by atoms with Crippen LogP contribution < -0.4 is 10.2 Å². The van der Waals surface area contributed by atoms with Gasteiger partial charge in [-0.15, -0.1) is 11.3 Å². The molecule has 0 aliphatic carbocycles. The van der Waals surface area contributed by atoms with E-state index in [9.17, 15) is 0 Å². The van der Waals surface area contributed by atoms with Crippen LogP contribution in [0, 0.1) is 0 Å². The summed E-state index contributed by atoms with van der Waals surface area (Å²) in [5, 5.41) is 4.55. The molecule has 0 saturated carbocycles. The van der Waals surface area contributed by atoms with E-state index in [-0.39, 0.29) is 5.54 Å². The van der Waals surface area contributed by atoms with Crippen LogP contribution in [0.5, 0.6) is 0 Å². The molecule has 0 fully saturated rings. The average Bonchev–Trinajstić information content (AvgIpc) is 2.87. The van der Waals surface area contributed by atoms with E-state index in [0.717, 1.165) is 22.7 Å². The summed E-state index contributed by atoms with van der Waals surface area (Å²) < 4.78 is 1.11. The molecule has 2 aromatic rings. The number of hydrogen-bond acceptors (Lipinski definition) is 4. The largest absolute Gasteiger partial charge is 0.347 e. The van der Waals surface area contributed by atoms with Gasteiger partial charge in [-0.05, 0) is 38.5 Å². The third-order valence-electron chi connectivity index (χ3n) is 2.99. The molecular weight excluding hydrogens is 346 g/mol. The third kappa shape index (κ3) is 5.41. The molecule has 114 valence electrons. The fraction of sp³-hybridized carbons (Fsp3) is 0.438. The highest BCUT2D eigenvalue weighted by Crippen LogP contribution is 2.23. The molecule has 1 N–H and O–H groups in total. The minimum Gasteiger partial charge on any atom is -0.347 e. The predicted molar refractivity (Wildman–Crippen MR) is 95.0 cm³/mol. The van der Waals surface area contributed by atoms with Gasteiger partial charge in [-0.3, -0.25) is 0 Å². The van der Waals surface area contributed by atoms with Gasteiger partial charge >= 0.3 is 0 Å². The van der Waals surface area contributed by atoms with E-state index in [1.54, 1.807) is 11.3 Å². The summed E-state index contributed by atoms with van der Waals surface area (Å²) in [5.74, 6) is 0. The molecule has 5 heteroatoms. The SMILES string of the molecule is CN(Cc1ccc(Br)cc1)c1ncc(CNC(C)(C)C)s1. The maximum Gasteiger partial charge on any atom is 0.185 e. The summed E-state index contributed by atoms with van der Waals surface area (Å²) in [6, 6.07) is 8.42. The van der Waals surface area contributed by atoms with E-state index in [1.807, 2.05) is 6.20 Å². The fourth-order valence-electron chi connectivity index (χ4n) is 1.84. The van der Waals surface area contributed by atoms with Gasteiger partial charge in [0.15, 0.2) is 5.13 Å². The number of nitrogens with one attached hydrogen (secondary N) is 1. The van der Waals surface area contributed by atoms with Gasteiger partial charge in [0.25, 0.3) is 0 Å². The Bertz CT molecular complexity index is 572. The van der Waals surface area contributed by atoms with Crippen LogP contribution in [0.2, 0.25) is 0 Å². The zero-order valence-corrected chi connectivity index (χ0v) is 15.4. The molecule has 0 unspecified atom stereocenters. The number of benzene rings is 1. The van der Waals surface area contributed by atoms with Gasteiger partial charge in [-0.2, -0.15) is 0 Å². The van der Waals surface area contributed by atoms with Crippen LogP contribution in [0.3, 0.4) is 0 Å². The van der Waals surface area contributed by atoms with Crippen LogP contribution >= 0.6 is 27.3 Å². The van der Waals surface area contributed by atoms with E-state index in [1.165, 1.54) is 10.4 Å². The Labute approximate surface area is 139 Å². The molecule has 0 radical (unpaired) electrons. The Morgan fingerprint density at radius 2 is 1.90 bits per heavy atom. The average molecular weight is 368 g/mol. The van der Waals surface area contributed by atoms with Crippen LogP contribution in [0.15, 0.2) is 34.9 Å². The standard InChI is InChI=1S/C16H22BrN3S/c1-16(2,3)19-10-14-9-18-15(21-14)20(4)11-12-5-7-13(17)8-6-12/h5-9,19H,10-11H2,1-4H3. The summed E-state index contributed by atoms with van der Waals surface area (Å²) in [6.07, 6.45) is 1.97. The van der Waals surface area contributed by atoms with Gasteiger partial charge in [-0.25, -0.2) is 4.98 Å². The molecule has 1 aromatic heterocycles. The summed E-state index contributed by atoms with van der Waals surface area (Å²) in [4.78, 5) is 7.98. The lowest BCUT2D eigenvalue weighted by molar-refractivity contribution is 0.426. The minimum absolute atomic E-state index is 0.132. The smallest absolute Gasteiger partial charge is 0.185 e. The number of anilines is 1. The molecular formula is C16H22BrN3S. The minimum atomic E-state index is 0.132. The lowest BCUT2D eigenvalue weighted by Gasteiger charge is -2.19. The van der Waals surface area contributed by atoms with Crippen LogP contribution in [0.25, 0.3) is 0 Å². The number of aromatic nitrogens is 1. The Kier molecular flexibility index (Phi) is 5.41. The zero-order valence-electron chi connectivity index (χ0n) is 13.0. The molecule has 1 aromatic carbocycles. The van der Waals surface area contributed by atoms with Crippen molar-refractivity contribution >= 4 is 32.4 Å².